The Labute approximate surface area is 379 Å². The molecule has 0 fully saturated rings. The van der Waals surface area contributed by atoms with Gasteiger partial charge in [-0.25, -0.2) is 0 Å². The molecule has 0 rings (SSSR count). The van der Waals surface area contributed by atoms with Crippen LogP contribution in [0.4, 0.5) is 0 Å². The fraction of sp³-hybridized carbons (Fsp3) is 0.885. The summed E-state index contributed by atoms with van der Waals surface area (Å²) in [5, 5.41) is 0. The van der Waals surface area contributed by atoms with Gasteiger partial charge in [-0.15, -0.1) is 0 Å². The van der Waals surface area contributed by atoms with Crippen molar-refractivity contribution in [2.75, 3.05) is 0 Å². The summed E-state index contributed by atoms with van der Waals surface area (Å²) < 4.78 is 24.6. The van der Waals surface area contributed by atoms with Gasteiger partial charge in [0.1, 0.15) is 0 Å². The summed E-state index contributed by atoms with van der Waals surface area (Å²) in [5.41, 5.74) is 0. The zero-order chi connectivity index (χ0) is 43.4. The molecular formula is C52H102O5Sn2. The van der Waals surface area contributed by atoms with Gasteiger partial charge in [0.15, 0.2) is 0 Å². The van der Waals surface area contributed by atoms with Gasteiger partial charge in [0.05, 0.1) is 0 Å². The normalized spacial score (nSPS) is 12.3. The van der Waals surface area contributed by atoms with Crippen molar-refractivity contribution in [2.24, 2.45) is 0 Å². The van der Waals surface area contributed by atoms with Crippen molar-refractivity contribution < 1.29 is 17.1 Å². The van der Waals surface area contributed by atoms with Gasteiger partial charge in [0.2, 0.25) is 0 Å². The Morgan fingerprint density at radius 1 is 0.322 bits per heavy atom. The number of hydrogen-bond donors (Lipinski definition) is 0. The monoisotopic (exact) mass is 1050 g/mol. The van der Waals surface area contributed by atoms with Gasteiger partial charge in [0, 0.05) is 0 Å². The van der Waals surface area contributed by atoms with E-state index in [0.717, 1.165) is 94.8 Å². The maximum absolute atomic E-state index is 13.7. The zero-order valence-corrected chi connectivity index (χ0v) is 46.3. The third-order valence-electron chi connectivity index (χ3n) is 11.9. The van der Waals surface area contributed by atoms with Crippen molar-refractivity contribution in [3.63, 3.8) is 0 Å². The molecule has 0 N–H and O–H groups in total. The van der Waals surface area contributed by atoms with Crippen molar-refractivity contribution in [1.29, 1.82) is 0 Å². The minimum absolute atomic E-state index is 0.0450. The molecule has 0 radical (unpaired) electrons. The van der Waals surface area contributed by atoms with Gasteiger partial charge in [-0.3, -0.25) is 0 Å². The predicted octanol–water partition coefficient (Wildman–Crippen LogP) is 18.2. The average molecular weight is 1040 g/mol. The van der Waals surface area contributed by atoms with Crippen LogP contribution in [-0.2, 0) is 17.1 Å². The van der Waals surface area contributed by atoms with Crippen molar-refractivity contribution in [1.82, 2.24) is 0 Å². The maximum atomic E-state index is 13.7. The first-order valence-electron chi connectivity index (χ1n) is 26.3. The number of hydrogen-bond acceptors (Lipinski definition) is 5. The quantitative estimate of drug-likeness (QED) is 0.0345. The summed E-state index contributed by atoms with van der Waals surface area (Å²) in [5.74, 6) is -0.0900. The van der Waals surface area contributed by atoms with E-state index in [9.17, 15) is 9.59 Å². The topological polar surface area (TPSA) is 61.8 Å². The Hall–Kier alpha value is -0.0226. The van der Waals surface area contributed by atoms with E-state index in [0.29, 0.717) is 12.8 Å². The molecule has 0 aromatic rings. The van der Waals surface area contributed by atoms with Gasteiger partial charge in [-0.05, 0) is 12.8 Å². The molecule has 0 saturated carbocycles. The first-order valence-corrected chi connectivity index (χ1v) is 39.0. The van der Waals surface area contributed by atoms with Crippen LogP contribution in [0.1, 0.15) is 273 Å². The van der Waals surface area contributed by atoms with Crippen LogP contribution < -0.4 is 0 Å². The van der Waals surface area contributed by atoms with E-state index in [4.69, 9.17) is 7.56 Å². The van der Waals surface area contributed by atoms with E-state index in [1.54, 1.807) is 0 Å². The second-order valence-corrected chi connectivity index (χ2v) is 39.7. The van der Waals surface area contributed by atoms with E-state index in [1.807, 2.05) is 0 Å². The molecule has 59 heavy (non-hydrogen) atoms. The molecule has 348 valence electrons. The fourth-order valence-electron chi connectivity index (χ4n) is 8.02. The molecule has 5 nitrogen and oxygen atoms in total. The van der Waals surface area contributed by atoms with Crippen molar-refractivity contribution in [3.05, 3.63) is 24.3 Å². The molecule has 0 aliphatic heterocycles. The molecular weight excluding hydrogens is 942 g/mol. The zero-order valence-electron chi connectivity index (χ0n) is 40.6. The van der Waals surface area contributed by atoms with Crippen LogP contribution in [0, 0.1) is 0 Å². The fourth-order valence-corrected chi connectivity index (χ4v) is 49.5. The summed E-state index contributed by atoms with van der Waals surface area (Å²) in [6.45, 7) is 13.5. The summed E-state index contributed by atoms with van der Waals surface area (Å²) in [6, 6.07) is 0. The van der Waals surface area contributed by atoms with Crippen LogP contribution in [0.5, 0.6) is 0 Å². The number of rotatable bonds is 46. The van der Waals surface area contributed by atoms with Gasteiger partial charge >= 0.3 is 291 Å². The minimum atomic E-state index is -3.93. The number of allylic oxidation sites excluding steroid dienone is 4. The second kappa shape index (κ2) is 44.6. The molecule has 0 amide bonds. The van der Waals surface area contributed by atoms with Crippen LogP contribution in [0.2, 0.25) is 17.7 Å². The van der Waals surface area contributed by atoms with Crippen LogP contribution in [-0.4, -0.2) is 50.3 Å². The van der Waals surface area contributed by atoms with Crippen molar-refractivity contribution in [3.8, 4) is 0 Å². The summed E-state index contributed by atoms with van der Waals surface area (Å²) >= 11 is -7.87. The third-order valence-corrected chi connectivity index (χ3v) is 44.4. The van der Waals surface area contributed by atoms with Gasteiger partial charge in [-0.2, -0.15) is 0 Å². The Morgan fingerprint density at radius 3 is 0.831 bits per heavy atom. The Bertz CT molecular complexity index is 890. The molecule has 0 aromatic heterocycles. The standard InChI is InChI=1S/2C18H34O2.4C4H9.O.2Sn/c2*1-2-3-4-5-6-7-8-9-10-11-12-13-14-15-16-17-18(19)20;4*1-3-4-2;;;/h2*9-10H,2-8,11-17H2,1H3,(H,19,20);4*1,3-4H2,2H3;;;/q;;;;;;;2*+1/p-2. The third kappa shape index (κ3) is 37.1. The van der Waals surface area contributed by atoms with Gasteiger partial charge < -0.3 is 0 Å². The number of carbonyl (C=O) groups is 2. The van der Waals surface area contributed by atoms with Crippen molar-refractivity contribution >= 4 is 50.3 Å². The molecule has 7 heteroatoms. The molecule has 0 bridgehead atoms. The number of carbonyl (C=O) groups excluding carboxylic acids is 2. The van der Waals surface area contributed by atoms with Gasteiger partial charge in [0.25, 0.3) is 0 Å². The molecule has 0 aliphatic rings. The predicted molar refractivity (Wildman–Crippen MR) is 263 cm³/mol. The summed E-state index contributed by atoms with van der Waals surface area (Å²) in [4.78, 5) is 27.4. The summed E-state index contributed by atoms with van der Waals surface area (Å²) in [6.07, 6.45) is 51.2. The van der Waals surface area contributed by atoms with Crippen LogP contribution in [0.15, 0.2) is 24.3 Å². The first-order chi connectivity index (χ1) is 28.9. The van der Waals surface area contributed by atoms with E-state index in [2.05, 4.69) is 65.8 Å². The molecule has 0 heterocycles. The SMILES string of the molecule is CCCCCCCCC=CCCCCCCCC(=O)[O][Sn]([CH2]CCC)([CH2]CCC)[O][Sn]([CH2]CCC)([CH2]CCC)[O]C(=O)CCCCCCCC=CCCCCCCCC. The molecule has 0 aliphatic carbocycles. The molecule has 0 atom stereocenters. The van der Waals surface area contributed by atoms with Crippen LogP contribution in [0.25, 0.3) is 0 Å². The minimum Gasteiger partial charge on any atom is -0.0654 e. The number of unbranched alkanes of at least 4 members (excludes halogenated alkanes) is 26. The van der Waals surface area contributed by atoms with Crippen molar-refractivity contribution in [2.45, 2.75) is 290 Å². The Morgan fingerprint density at radius 2 is 0.559 bits per heavy atom. The molecule has 0 aromatic carbocycles. The van der Waals surface area contributed by atoms with Crippen LogP contribution >= 0.6 is 0 Å². The Balaban J connectivity index is 5.15. The average Bonchev–Trinajstić information content (AvgIpc) is 3.23. The summed E-state index contributed by atoms with van der Waals surface area (Å²) in [7, 11) is 0. The van der Waals surface area contributed by atoms with Gasteiger partial charge in [-0.1, -0.05) is 78.1 Å². The molecule has 0 spiro atoms. The van der Waals surface area contributed by atoms with E-state index >= 15 is 0 Å². The smallest absolute Gasteiger partial charge is 0.0654 e. The molecule has 0 saturated heterocycles. The Kier molecular flexibility index (Phi) is 44.6. The second-order valence-electron chi connectivity index (χ2n) is 18.0. The first kappa shape index (κ1) is 59.0. The molecule has 0 unspecified atom stereocenters. The van der Waals surface area contributed by atoms with E-state index < -0.39 is 38.4 Å². The van der Waals surface area contributed by atoms with E-state index in [-0.39, 0.29) is 11.9 Å². The van der Waals surface area contributed by atoms with Crippen LogP contribution in [0.3, 0.4) is 0 Å². The van der Waals surface area contributed by atoms with E-state index in [1.165, 1.54) is 141 Å².